The van der Waals surface area contributed by atoms with Crippen LogP contribution in [0.5, 0.6) is 0 Å². The third-order valence-corrected chi connectivity index (χ3v) is 6.61. The highest BCUT2D eigenvalue weighted by Crippen LogP contribution is 2.32. The van der Waals surface area contributed by atoms with Gasteiger partial charge in [0.25, 0.3) is 11.6 Å². The lowest BCUT2D eigenvalue weighted by molar-refractivity contribution is -0.385. The summed E-state index contributed by atoms with van der Waals surface area (Å²) in [6.07, 6.45) is 2.13. The van der Waals surface area contributed by atoms with Crippen molar-refractivity contribution < 1.29 is 14.5 Å². The molecule has 0 atom stereocenters. The highest BCUT2D eigenvalue weighted by molar-refractivity contribution is 7.14. The number of likely N-dealkylation sites (tertiary alicyclic amines) is 1. The number of carbonyl (C=O) groups is 2. The minimum Gasteiger partial charge on any atom is -0.338 e. The molecule has 0 saturated carbocycles. The van der Waals surface area contributed by atoms with Crippen LogP contribution in [0.4, 0.5) is 11.4 Å². The number of benzene rings is 1. The molecule has 1 saturated heterocycles. The molecule has 0 unspecified atom stereocenters. The van der Waals surface area contributed by atoms with E-state index in [0.29, 0.717) is 35.7 Å². The number of carbonyl (C=O) groups excluding carboxylic acids is 2. The molecule has 1 aromatic carbocycles. The Morgan fingerprint density at radius 3 is 2.57 bits per heavy atom. The first-order chi connectivity index (χ1) is 13.5. The van der Waals surface area contributed by atoms with Crippen molar-refractivity contribution in [2.75, 3.05) is 24.5 Å². The summed E-state index contributed by atoms with van der Waals surface area (Å²) >= 11 is 1.16. The van der Waals surface area contributed by atoms with E-state index in [1.807, 2.05) is 23.1 Å². The second-order valence-electron chi connectivity index (χ2n) is 7.24. The van der Waals surface area contributed by atoms with Gasteiger partial charge in [0.15, 0.2) is 0 Å². The van der Waals surface area contributed by atoms with Crippen LogP contribution in [0.2, 0.25) is 0 Å². The van der Waals surface area contributed by atoms with E-state index >= 15 is 0 Å². The van der Waals surface area contributed by atoms with Gasteiger partial charge in [0.1, 0.15) is 0 Å². The Morgan fingerprint density at radius 2 is 1.89 bits per heavy atom. The summed E-state index contributed by atoms with van der Waals surface area (Å²) in [5.74, 6) is -0.132. The topological polar surface area (TPSA) is 83.8 Å². The fraction of sp³-hybridized carbons (Fsp3) is 0.400. The Kier molecular flexibility index (Phi) is 4.89. The molecule has 8 heteroatoms. The number of hydrogen-bond donors (Lipinski definition) is 0. The van der Waals surface area contributed by atoms with Gasteiger partial charge in [-0.15, -0.1) is 11.3 Å². The number of hydrogen-bond acceptors (Lipinski definition) is 5. The van der Waals surface area contributed by atoms with Crippen molar-refractivity contribution in [2.45, 2.75) is 26.2 Å². The molecule has 4 rings (SSSR count). The molecule has 0 bridgehead atoms. The summed E-state index contributed by atoms with van der Waals surface area (Å²) in [5.41, 5.74) is 2.21. The number of anilines is 1. The van der Waals surface area contributed by atoms with Gasteiger partial charge < -0.3 is 9.80 Å². The van der Waals surface area contributed by atoms with Crippen molar-refractivity contribution in [3.63, 3.8) is 0 Å². The summed E-state index contributed by atoms with van der Waals surface area (Å²) in [6.45, 7) is 3.36. The van der Waals surface area contributed by atoms with E-state index in [1.165, 1.54) is 11.6 Å². The summed E-state index contributed by atoms with van der Waals surface area (Å²) in [4.78, 5) is 40.7. The fourth-order valence-electron chi connectivity index (χ4n) is 4.03. The first-order valence-corrected chi connectivity index (χ1v) is 10.2. The quantitative estimate of drug-likeness (QED) is 0.585. The molecule has 0 aliphatic carbocycles. The number of amides is 2. The molecule has 7 nitrogen and oxygen atoms in total. The van der Waals surface area contributed by atoms with Crippen LogP contribution in [-0.2, 0) is 11.2 Å². The van der Waals surface area contributed by atoms with Crippen LogP contribution in [0.3, 0.4) is 0 Å². The molecule has 1 fully saturated rings. The van der Waals surface area contributed by atoms with Gasteiger partial charge >= 0.3 is 0 Å². The maximum absolute atomic E-state index is 13.0. The Morgan fingerprint density at radius 1 is 1.18 bits per heavy atom. The van der Waals surface area contributed by atoms with E-state index in [9.17, 15) is 19.7 Å². The minimum atomic E-state index is -0.457. The largest absolute Gasteiger partial charge is 0.338 e. The first kappa shape index (κ1) is 18.6. The lowest BCUT2D eigenvalue weighted by Crippen LogP contribution is -2.44. The molecule has 3 heterocycles. The summed E-state index contributed by atoms with van der Waals surface area (Å²) < 4.78 is 0. The molecule has 0 N–H and O–H groups in total. The van der Waals surface area contributed by atoms with Crippen LogP contribution in [-0.4, -0.2) is 41.3 Å². The summed E-state index contributed by atoms with van der Waals surface area (Å²) in [7, 11) is 0. The number of aryl methyl sites for hydroxylation is 1. The van der Waals surface area contributed by atoms with E-state index in [4.69, 9.17) is 0 Å². The summed E-state index contributed by atoms with van der Waals surface area (Å²) in [5, 5.41) is 11.0. The second-order valence-corrected chi connectivity index (χ2v) is 8.50. The molecule has 2 aromatic rings. The summed E-state index contributed by atoms with van der Waals surface area (Å²) in [6, 6.07) is 9.36. The molecule has 2 aliphatic rings. The van der Waals surface area contributed by atoms with Crippen LogP contribution >= 0.6 is 11.3 Å². The van der Waals surface area contributed by atoms with Crippen LogP contribution in [0.1, 0.15) is 33.0 Å². The Bertz CT molecular complexity index is 947. The molecule has 2 aliphatic heterocycles. The maximum Gasteiger partial charge on any atom is 0.283 e. The van der Waals surface area contributed by atoms with Crippen LogP contribution in [0, 0.1) is 23.0 Å². The van der Waals surface area contributed by atoms with Crippen LogP contribution < -0.4 is 4.90 Å². The first-order valence-electron chi connectivity index (χ1n) is 9.39. The predicted octanol–water partition coefficient (Wildman–Crippen LogP) is 3.41. The molecular weight excluding hydrogens is 378 g/mol. The number of piperidine rings is 1. The zero-order valence-corrected chi connectivity index (χ0v) is 16.4. The standard InChI is InChI=1S/C20H21N3O4S/c1-13-17(23(26)27)12-18(28-13)20(25)21-9-6-15(7-10-21)19(24)22-11-8-14-4-2-3-5-16(14)22/h2-5,12,15H,6-11H2,1H3. The van der Waals surface area contributed by atoms with Gasteiger partial charge in [-0.1, -0.05) is 18.2 Å². The minimum absolute atomic E-state index is 0.00823. The number of nitrogens with zero attached hydrogens (tertiary/aromatic N) is 3. The number of rotatable bonds is 3. The molecule has 146 valence electrons. The highest BCUT2D eigenvalue weighted by atomic mass is 32.1. The van der Waals surface area contributed by atoms with Crippen molar-refractivity contribution >= 4 is 34.5 Å². The monoisotopic (exact) mass is 399 g/mol. The third kappa shape index (κ3) is 3.28. The highest BCUT2D eigenvalue weighted by Gasteiger charge is 2.34. The second kappa shape index (κ2) is 7.35. The van der Waals surface area contributed by atoms with Gasteiger partial charge in [-0.3, -0.25) is 19.7 Å². The van der Waals surface area contributed by atoms with Gasteiger partial charge in [-0.2, -0.15) is 0 Å². The Balaban J connectivity index is 1.40. The van der Waals surface area contributed by atoms with E-state index in [-0.39, 0.29) is 23.4 Å². The lowest BCUT2D eigenvalue weighted by Gasteiger charge is -2.33. The predicted molar refractivity (Wildman–Crippen MR) is 107 cm³/mol. The van der Waals surface area contributed by atoms with Crippen molar-refractivity contribution in [3.8, 4) is 0 Å². The van der Waals surface area contributed by atoms with Gasteiger partial charge in [0.2, 0.25) is 5.91 Å². The van der Waals surface area contributed by atoms with E-state index < -0.39 is 4.92 Å². The van der Waals surface area contributed by atoms with Gasteiger partial charge in [-0.05, 0) is 37.8 Å². The normalized spacial score (nSPS) is 16.9. The number of para-hydroxylation sites is 1. The fourth-order valence-corrected chi connectivity index (χ4v) is 4.99. The molecule has 1 aromatic heterocycles. The van der Waals surface area contributed by atoms with Gasteiger partial charge in [-0.25, -0.2) is 0 Å². The van der Waals surface area contributed by atoms with Crippen molar-refractivity contribution in [1.82, 2.24) is 4.90 Å². The Labute approximate surface area is 166 Å². The van der Waals surface area contributed by atoms with Crippen molar-refractivity contribution in [1.29, 1.82) is 0 Å². The number of nitro groups is 1. The molecule has 0 spiro atoms. The van der Waals surface area contributed by atoms with Crippen LogP contribution in [0.15, 0.2) is 30.3 Å². The van der Waals surface area contributed by atoms with Crippen LogP contribution in [0.25, 0.3) is 0 Å². The average Bonchev–Trinajstić information content (AvgIpc) is 3.31. The molecule has 28 heavy (non-hydrogen) atoms. The van der Waals surface area contributed by atoms with Gasteiger partial charge in [0, 0.05) is 37.3 Å². The van der Waals surface area contributed by atoms with Crippen molar-refractivity contribution in [2.24, 2.45) is 5.92 Å². The molecule has 2 amide bonds. The number of fused-ring (bicyclic) bond motifs is 1. The van der Waals surface area contributed by atoms with E-state index in [1.54, 1.807) is 11.8 Å². The number of thiophene rings is 1. The smallest absolute Gasteiger partial charge is 0.283 e. The molecule has 0 radical (unpaired) electrons. The lowest BCUT2D eigenvalue weighted by atomic mass is 9.95. The maximum atomic E-state index is 13.0. The SMILES string of the molecule is Cc1sc(C(=O)N2CCC(C(=O)N3CCc4ccccc43)CC2)cc1[N+](=O)[O-]. The third-order valence-electron chi connectivity index (χ3n) is 5.58. The van der Waals surface area contributed by atoms with Crippen molar-refractivity contribution in [3.05, 3.63) is 55.8 Å². The van der Waals surface area contributed by atoms with E-state index in [0.717, 1.165) is 30.0 Å². The average molecular weight is 399 g/mol. The zero-order chi connectivity index (χ0) is 19.8. The zero-order valence-electron chi connectivity index (χ0n) is 15.6. The molecular formula is C20H21N3O4S. The van der Waals surface area contributed by atoms with E-state index in [2.05, 4.69) is 6.07 Å². The Hall–Kier alpha value is -2.74. The van der Waals surface area contributed by atoms with Gasteiger partial charge in [0.05, 0.1) is 14.7 Å².